The summed E-state index contributed by atoms with van der Waals surface area (Å²) >= 11 is 3.28. The minimum absolute atomic E-state index is 0.180. The van der Waals surface area contributed by atoms with Crippen LogP contribution in [-0.2, 0) is 6.54 Å². The molecule has 0 aliphatic carbocycles. The van der Waals surface area contributed by atoms with Gasteiger partial charge in [0.05, 0.1) is 11.9 Å². The molecule has 98 valence electrons. The molecule has 0 unspecified atom stereocenters. The average Bonchev–Trinajstić information content (AvgIpc) is 2.27. The Bertz CT molecular complexity index is 508. The number of nitrogens with one attached hydrogen (secondary N) is 1. The van der Waals surface area contributed by atoms with Crippen LogP contribution in [0.15, 0.2) is 15.5 Å². The van der Waals surface area contributed by atoms with Gasteiger partial charge in [-0.2, -0.15) is 5.10 Å². The number of rotatable bonds is 4. The van der Waals surface area contributed by atoms with Crippen molar-refractivity contribution >= 4 is 21.6 Å². The van der Waals surface area contributed by atoms with Gasteiger partial charge < -0.3 is 5.32 Å². The maximum atomic E-state index is 11.9. The molecular weight excluding hydrogens is 294 g/mol. The van der Waals surface area contributed by atoms with Crippen LogP contribution >= 0.6 is 15.9 Å². The number of terminal acetylenes is 1. The zero-order chi connectivity index (χ0) is 13.8. The van der Waals surface area contributed by atoms with E-state index in [1.165, 1.54) is 4.68 Å². The number of hydrogen-bond acceptors (Lipinski definition) is 3. The summed E-state index contributed by atoms with van der Waals surface area (Å²) in [6, 6.07) is 0. The van der Waals surface area contributed by atoms with Gasteiger partial charge in [0.15, 0.2) is 0 Å². The summed E-state index contributed by atoms with van der Waals surface area (Å²) in [5.74, 6) is 2.39. The predicted octanol–water partition coefficient (Wildman–Crippen LogP) is 2.49. The predicted molar refractivity (Wildman–Crippen MR) is 77.6 cm³/mol. The highest BCUT2D eigenvalue weighted by atomic mass is 79.9. The van der Waals surface area contributed by atoms with E-state index in [4.69, 9.17) is 6.42 Å². The first kappa shape index (κ1) is 14.8. The molecule has 0 bridgehead atoms. The summed E-state index contributed by atoms with van der Waals surface area (Å²) in [5, 5.41) is 7.22. The molecule has 0 fully saturated rings. The molecule has 0 radical (unpaired) electrons. The molecule has 0 aliphatic rings. The van der Waals surface area contributed by atoms with Gasteiger partial charge in [0.1, 0.15) is 11.0 Å². The normalized spacial score (nSPS) is 11.1. The second kappa shape index (κ2) is 6.05. The lowest BCUT2D eigenvalue weighted by Crippen LogP contribution is -2.24. The number of aromatic nitrogens is 2. The van der Waals surface area contributed by atoms with Gasteiger partial charge in [0.25, 0.3) is 5.56 Å². The van der Waals surface area contributed by atoms with E-state index in [1.54, 1.807) is 6.20 Å². The van der Waals surface area contributed by atoms with Crippen molar-refractivity contribution in [1.29, 1.82) is 0 Å². The van der Waals surface area contributed by atoms with Crippen LogP contribution in [0, 0.1) is 17.8 Å². The van der Waals surface area contributed by atoms with E-state index in [2.05, 4.69) is 53.0 Å². The minimum atomic E-state index is -0.214. The molecule has 0 spiro atoms. The highest BCUT2D eigenvalue weighted by molar-refractivity contribution is 9.10. The molecular formula is C13H18BrN3O. The Morgan fingerprint density at radius 1 is 1.56 bits per heavy atom. The van der Waals surface area contributed by atoms with Crippen molar-refractivity contribution in [1.82, 2.24) is 9.78 Å². The molecule has 1 rings (SSSR count). The lowest BCUT2D eigenvalue weighted by molar-refractivity contribution is 0.389. The maximum absolute atomic E-state index is 11.9. The third kappa shape index (κ3) is 4.19. The van der Waals surface area contributed by atoms with Gasteiger partial charge in [0, 0.05) is 6.54 Å². The Kier molecular flexibility index (Phi) is 4.97. The molecule has 0 aromatic carbocycles. The standard InChI is InChI=1S/C13H18BrN3O/c1-5-8-17-12(18)11(14)10(9-16-17)15-7-6-13(2,3)4/h1,9,15H,6-8H2,2-4H3. The fourth-order valence-corrected chi connectivity index (χ4v) is 1.81. The number of anilines is 1. The highest BCUT2D eigenvalue weighted by Crippen LogP contribution is 2.20. The molecule has 1 N–H and O–H groups in total. The van der Waals surface area contributed by atoms with E-state index in [-0.39, 0.29) is 17.5 Å². The van der Waals surface area contributed by atoms with E-state index in [0.717, 1.165) is 13.0 Å². The van der Waals surface area contributed by atoms with Gasteiger partial charge in [-0.25, -0.2) is 4.68 Å². The Labute approximate surface area is 116 Å². The van der Waals surface area contributed by atoms with Gasteiger partial charge in [-0.3, -0.25) is 4.79 Å². The van der Waals surface area contributed by atoms with Crippen molar-refractivity contribution in [2.45, 2.75) is 33.7 Å². The van der Waals surface area contributed by atoms with Crippen LogP contribution in [0.25, 0.3) is 0 Å². The summed E-state index contributed by atoms with van der Waals surface area (Å²) in [7, 11) is 0. The van der Waals surface area contributed by atoms with Gasteiger partial charge in [-0.1, -0.05) is 26.7 Å². The fraction of sp³-hybridized carbons (Fsp3) is 0.538. The van der Waals surface area contributed by atoms with Crippen LogP contribution in [0.1, 0.15) is 27.2 Å². The lowest BCUT2D eigenvalue weighted by atomic mass is 9.92. The number of halogens is 1. The first-order valence-electron chi connectivity index (χ1n) is 5.78. The molecule has 0 amide bonds. The molecule has 1 heterocycles. The van der Waals surface area contributed by atoms with Gasteiger partial charge in [-0.15, -0.1) is 6.42 Å². The van der Waals surface area contributed by atoms with E-state index in [1.807, 2.05) is 0 Å². The van der Waals surface area contributed by atoms with Crippen molar-refractivity contribution in [3.63, 3.8) is 0 Å². The first-order chi connectivity index (χ1) is 8.35. The third-order valence-electron chi connectivity index (χ3n) is 2.42. The summed E-state index contributed by atoms with van der Waals surface area (Å²) in [6.45, 7) is 7.49. The van der Waals surface area contributed by atoms with Gasteiger partial charge in [-0.05, 0) is 27.8 Å². The van der Waals surface area contributed by atoms with Crippen LogP contribution in [0.5, 0.6) is 0 Å². The summed E-state index contributed by atoms with van der Waals surface area (Å²) < 4.78 is 1.72. The summed E-state index contributed by atoms with van der Waals surface area (Å²) in [5.41, 5.74) is 0.747. The average molecular weight is 312 g/mol. The molecule has 1 aromatic heterocycles. The Morgan fingerprint density at radius 2 is 2.22 bits per heavy atom. The molecule has 1 aromatic rings. The highest BCUT2D eigenvalue weighted by Gasteiger charge is 2.11. The Hall–Kier alpha value is -1.28. The Morgan fingerprint density at radius 3 is 2.78 bits per heavy atom. The van der Waals surface area contributed by atoms with Crippen molar-refractivity contribution in [3.8, 4) is 12.3 Å². The van der Waals surface area contributed by atoms with Crippen LogP contribution in [0.2, 0.25) is 0 Å². The number of hydrogen-bond donors (Lipinski definition) is 1. The molecule has 0 saturated heterocycles. The summed E-state index contributed by atoms with van der Waals surface area (Å²) in [6.07, 6.45) is 7.79. The second-order valence-electron chi connectivity index (χ2n) is 5.28. The monoisotopic (exact) mass is 311 g/mol. The van der Waals surface area contributed by atoms with Crippen LogP contribution < -0.4 is 10.9 Å². The molecule has 0 saturated carbocycles. The number of nitrogens with zero attached hydrogens (tertiary/aromatic N) is 2. The van der Waals surface area contributed by atoms with Gasteiger partial charge in [0.2, 0.25) is 0 Å². The fourth-order valence-electron chi connectivity index (χ4n) is 1.36. The van der Waals surface area contributed by atoms with Crippen LogP contribution in [-0.4, -0.2) is 16.3 Å². The molecule has 4 nitrogen and oxygen atoms in total. The SMILES string of the molecule is C#CCn1ncc(NCCC(C)(C)C)c(Br)c1=O. The molecule has 0 atom stereocenters. The zero-order valence-electron chi connectivity index (χ0n) is 11.0. The largest absolute Gasteiger partial charge is 0.383 e. The summed E-state index contributed by atoms with van der Waals surface area (Å²) in [4.78, 5) is 11.9. The van der Waals surface area contributed by atoms with Crippen LogP contribution in [0.4, 0.5) is 5.69 Å². The zero-order valence-corrected chi connectivity index (χ0v) is 12.5. The van der Waals surface area contributed by atoms with Crippen molar-refractivity contribution in [2.24, 2.45) is 5.41 Å². The maximum Gasteiger partial charge on any atom is 0.284 e. The van der Waals surface area contributed by atoms with Gasteiger partial charge >= 0.3 is 0 Å². The molecule has 18 heavy (non-hydrogen) atoms. The third-order valence-corrected chi connectivity index (χ3v) is 3.18. The molecule has 5 heteroatoms. The van der Waals surface area contributed by atoms with Crippen LogP contribution in [0.3, 0.4) is 0 Å². The quantitative estimate of drug-likeness (QED) is 0.869. The van der Waals surface area contributed by atoms with Crippen molar-refractivity contribution < 1.29 is 0 Å². The molecule has 0 aliphatic heterocycles. The van der Waals surface area contributed by atoms with E-state index in [9.17, 15) is 4.79 Å². The van der Waals surface area contributed by atoms with E-state index < -0.39 is 0 Å². The Balaban J connectivity index is 2.78. The first-order valence-corrected chi connectivity index (χ1v) is 6.57. The van der Waals surface area contributed by atoms with E-state index in [0.29, 0.717) is 10.2 Å². The second-order valence-corrected chi connectivity index (χ2v) is 6.07. The topological polar surface area (TPSA) is 46.9 Å². The smallest absolute Gasteiger partial charge is 0.284 e. The van der Waals surface area contributed by atoms with Crippen molar-refractivity contribution in [3.05, 3.63) is 21.0 Å². The van der Waals surface area contributed by atoms with E-state index >= 15 is 0 Å². The lowest BCUT2D eigenvalue weighted by Gasteiger charge is -2.18. The van der Waals surface area contributed by atoms with Crippen molar-refractivity contribution in [2.75, 3.05) is 11.9 Å². The minimum Gasteiger partial charge on any atom is -0.383 e.